The molecule has 1 aromatic rings. The highest BCUT2D eigenvalue weighted by atomic mass is 14.9. The predicted molar refractivity (Wildman–Crippen MR) is 74.2 cm³/mol. The molecular weight excluding hydrogens is 206 g/mol. The van der Waals surface area contributed by atoms with E-state index >= 15 is 0 Å². The van der Waals surface area contributed by atoms with Gasteiger partial charge in [0.25, 0.3) is 0 Å². The molecule has 1 atom stereocenters. The highest BCUT2D eigenvalue weighted by Crippen LogP contribution is 2.31. The summed E-state index contributed by atoms with van der Waals surface area (Å²) < 4.78 is 0. The standard InChI is InChI=1S/C16H25N/c1-2-17-16(15-11-7-12-15)13-6-10-14-8-4-3-5-9-14/h3-5,8-9,15-17H,2,6-7,10-13H2,1H3. The molecule has 1 aliphatic carbocycles. The molecule has 1 aromatic carbocycles. The van der Waals surface area contributed by atoms with Gasteiger partial charge in [-0.25, -0.2) is 0 Å². The molecule has 1 heteroatoms. The summed E-state index contributed by atoms with van der Waals surface area (Å²) in [6.07, 6.45) is 8.23. The lowest BCUT2D eigenvalue weighted by atomic mass is 9.78. The number of benzene rings is 1. The van der Waals surface area contributed by atoms with Crippen molar-refractivity contribution in [3.05, 3.63) is 35.9 Å². The zero-order valence-electron chi connectivity index (χ0n) is 11.0. The van der Waals surface area contributed by atoms with E-state index in [-0.39, 0.29) is 0 Å². The lowest BCUT2D eigenvalue weighted by Crippen LogP contribution is -2.39. The Morgan fingerprint density at radius 3 is 2.59 bits per heavy atom. The molecule has 1 unspecified atom stereocenters. The van der Waals surface area contributed by atoms with Crippen molar-refractivity contribution in [2.45, 2.75) is 51.5 Å². The van der Waals surface area contributed by atoms with E-state index in [1.807, 2.05) is 0 Å². The number of rotatable bonds is 7. The fraction of sp³-hybridized carbons (Fsp3) is 0.625. The molecule has 1 nitrogen and oxygen atoms in total. The molecule has 1 fully saturated rings. The van der Waals surface area contributed by atoms with Crippen LogP contribution in [0.5, 0.6) is 0 Å². The first kappa shape index (κ1) is 12.6. The Labute approximate surface area is 106 Å². The fourth-order valence-corrected chi connectivity index (χ4v) is 2.78. The van der Waals surface area contributed by atoms with Gasteiger partial charge in [0.2, 0.25) is 0 Å². The Morgan fingerprint density at radius 2 is 2.00 bits per heavy atom. The van der Waals surface area contributed by atoms with Crippen LogP contribution >= 0.6 is 0 Å². The first-order valence-corrected chi connectivity index (χ1v) is 7.17. The topological polar surface area (TPSA) is 12.0 Å². The van der Waals surface area contributed by atoms with Gasteiger partial charge < -0.3 is 5.32 Å². The third-order valence-electron chi connectivity index (χ3n) is 4.01. The molecule has 0 saturated heterocycles. The lowest BCUT2D eigenvalue weighted by Gasteiger charge is -2.34. The van der Waals surface area contributed by atoms with Gasteiger partial charge in [-0.3, -0.25) is 0 Å². The van der Waals surface area contributed by atoms with E-state index in [4.69, 9.17) is 0 Å². The zero-order valence-corrected chi connectivity index (χ0v) is 11.0. The molecule has 0 amide bonds. The van der Waals surface area contributed by atoms with Gasteiger partial charge in [0.05, 0.1) is 0 Å². The molecule has 1 aliphatic rings. The van der Waals surface area contributed by atoms with Crippen molar-refractivity contribution >= 4 is 0 Å². The first-order chi connectivity index (χ1) is 8.40. The van der Waals surface area contributed by atoms with E-state index in [0.29, 0.717) is 0 Å². The van der Waals surface area contributed by atoms with Crippen LogP contribution in [0.2, 0.25) is 0 Å². The van der Waals surface area contributed by atoms with Crippen molar-refractivity contribution in [2.75, 3.05) is 6.54 Å². The molecule has 1 N–H and O–H groups in total. The minimum atomic E-state index is 0.775. The Kier molecular flexibility index (Phi) is 5.06. The van der Waals surface area contributed by atoms with Crippen molar-refractivity contribution in [3.63, 3.8) is 0 Å². The highest BCUT2D eigenvalue weighted by Gasteiger charge is 2.25. The second-order valence-electron chi connectivity index (χ2n) is 5.23. The minimum Gasteiger partial charge on any atom is -0.314 e. The van der Waals surface area contributed by atoms with Gasteiger partial charge in [0.1, 0.15) is 0 Å². The smallest absolute Gasteiger partial charge is 0.00953 e. The monoisotopic (exact) mass is 231 g/mol. The van der Waals surface area contributed by atoms with Crippen molar-refractivity contribution in [3.8, 4) is 0 Å². The van der Waals surface area contributed by atoms with Crippen LogP contribution in [0, 0.1) is 5.92 Å². The SMILES string of the molecule is CCNC(CCCc1ccccc1)C1CCC1. The Bertz CT molecular complexity index is 303. The summed E-state index contributed by atoms with van der Waals surface area (Å²) in [5.41, 5.74) is 1.48. The van der Waals surface area contributed by atoms with E-state index in [9.17, 15) is 0 Å². The van der Waals surface area contributed by atoms with Crippen LogP contribution in [-0.2, 0) is 6.42 Å². The molecule has 17 heavy (non-hydrogen) atoms. The van der Waals surface area contributed by atoms with Crippen LogP contribution in [0.25, 0.3) is 0 Å². The summed E-state index contributed by atoms with van der Waals surface area (Å²) in [5.74, 6) is 0.964. The van der Waals surface area contributed by atoms with Gasteiger partial charge in [0.15, 0.2) is 0 Å². The quantitative estimate of drug-likeness (QED) is 0.753. The minimum absolute atomic E-state index is 0.775. The molecule has 0 spiro atoms. The van der Waals surface area contributed by atoms with E-state index in [0.717, 1.165) is 18.5 Å². The molecule has 2 rings (SSSR count). The van der Waals surface area contributed by atoms with Gasteiger partial charge >= 0.3 is 0 Å². The third kappa shape index (κ3) is 3.85. The largest absolute Gasteiger partial charge is 0.314 e. The Hall–Kier alpha value is -0.820. The van der Waals surface area contributed by atoms with Crippen molar-refractivity contribution in [1.29, 1.82) is 0 Å². The van der Waals surface area contributed by atoms with Gasteiger partial charge in [-0.15, -0.1) is 0 Å². The summed E-state index contributed by atoms with van der Waals surface area (Å²) in [7, 11) is 0. The van der Waals surface area contributed by atoms with E-state index < -0.39 is 0 Å². The van der Waals surface area contributed by atoms with Crippen LogP contribution < -0.4 is 5.32 Å². The Morgan fingerprint density at radius 1 is 1.24 bits per heavy atom. The van der Waals surface area contributed by atoms with Crippen LogP contribution in [0.4, 0.5) is 0 Å². The number of hydrogen-bond acceptors (Lipinski definition) is 1. The first-order valence-electron chi connectivity index (χ1n) is 7.17. The van der Waals surface area contributed by atoms with Crippen molar-refractivity contribution in [2.24, 2.45) is 5.92 Å². The van der Waals surface area contributed by atoms with Gasteiger partial charge in [-0.1, -0.05) is 43.7 Å². The molecular formula is C16H25N. The maximum absolute atomic E-state index is 3.67. The van der Waals surface area contributed by atoms with Crippen LogP contribution in [0.1, 0.15) is 44.6 Å². The van der Waals surface area contributed by atoms with E-state index in [1.165, 1.54) is 44.1 Å². The fourth-order valence-electron chi connectivity index (χ4n) is 2.78. The Balaban J connectivity index is 1.71. The third-order valence-corrected chi connectivity index (χ3v) is 4.01. The van der Waals surface area contributed by atoms with Crippen molar-refractivity contribution in [1.82, 2.24) is 5.32 Å². The van der Waals surface area contributed by atoms with Crippen LogP contribution in [-0.4, -0.2) is 12.6 Å². The van der Waals surface area contributed by atoms with E-state index in [1.54, 1.807) is 0 Å². The zero-order chi connectivity index (χ0) is 11.9. The van der Waals surface area contributed by atoms with Gasteiger partial charge in [-0.2, -0.15) is 0 Å². The maximum atomic E-state index is 3.67. The summed E-state index contributed by atoms with van der Waals surface area (Å²) in [5, 5.41) is 3.67. The summed E-state index contributed by atoms with van der Waals surface area (Å²) in [6.45, 7) is 3.34. The maximum Gasteiger partial charge on any atom is 0.00953 e. The molecule has 0 bridgehead atoms. The highest BCUT2D eigenvalue weighted by molar-refractivity contribution is 5.14. The van der Waals surface area contributed by atoms with E-state index in [2.05, 4.69) is 42.6 Å². The average molecular weight is 231 g/mol. The molecule has 0 radical (unpaired) electrons. The molecule has 0 aromatic heterocycles. The number of aryl methyl sites for hydroxylation is 1. The second kappa shape index (κ2) is 6.80. The normalized spacial score (nSPS) is 17.7. The number of hydrogen-bond donors (Lipinski definition) is 1. The summed E-state index contributed by atoms with van der Waals surface area (Å²) in [4.78, 5) is 0. The second-order valence-corrected chi connectivity index (χ2v) is 5.23. The van der Waals surface area contributed by atoms with Crippen molar-refractivity contribution < 1.29 is 0 Å². The summed E-state index contributed by atoms with van der Waals surface area (Å²) in [6, 6.07) is 11.6. The average Bonchev–Trinajstić information content (AvgIpc) is 2.28. The number of nitrogens with one attached hydrogen (secondary N) is 1. The molecule has 0 aliphatic heterocycles. The lowest BCUT2D eigenvalue weighted by molar-refractivity contribution is 0.219. The van der Waals surface area contributed by atoms with Crippen LogP contribution in [0.15, 0.2) is 30.3 Å². The molecule has 94 valence electrons. The molecule has 0 heterocycles. The van der Waals surface area contributed by atoms with Crippen LogP contribution in [0.3, 0.4) is 0 Å². The van der Waals surface area contributed by atoms with Gasteiger partial charge in [-0.05, 0) is 50.1 Å². The summed E-state index contributed by atoms with van der Waals surface area (Å²) >= 11 is 0. The molecule has 1 saturated carbocycles. The van der Waals surface area contributed by atoms with Gasteiger partial charge in [0, 0.05) is 6.04 Å². The predicted octanol–water partition coefficient (Wildman–Crippen LogP) is 3.79.